The first-order chi connectivity index (χ1) is 8.19. The van der Waals surface area contributed by atoms with Gasteiger partial charge in [-0.1, -0.05) is 26.7 Å². The molecule has 0 bridgehead atoms. The van der Waals surface area contributed by atoms with Crippen molar-refractivity contribution >= 4 is 12.1 Å². The lowest BCUT2D eigenvalue weighted by molar-refractivity contribution is -0.137. The molecule has 0 saturated carbocycles. The van der Waals surface area contributed by atoms with E-state index >= 15 is 0 Å². The predicted molar refractivity (Wildman–Crippen MR) is 69.5 cm³/mol. The third-order valence-electron chi connectivity index (χ3n) is 2.71. The lowest BCUT2D eigenvalue weighted by Gasteiger charge is -2.27. The lowest BCUT2D eigenvalue weighted by Crippen LogP contribution is -2.44. The van der Waals surface area contributed by atoms with Crippen molar-refractivity contribution in [3.8, 4) is 0 Å². The highest BCUT2D eigenvalue weighted by Gasteiger charge is 2.25. The normalized spacial score (nSPS) is 13.2. The molecule has 0 radical (unpaired) electrons. The number of carboxylic acids is 1. The summed E-state index contributed by atoms with van der Waals surface area (Å²) in [7, 11) is 0. The summed E-state index contributed by atoms with van der Waals surface area (Å²) in [4.78, 5) is 22.5. The van der Waals surface area contributed by atoms with E-state index in [9.17, 15) is 9.59 Å². The summed E-state index contributed by atoms with van der Waals surface area (Å²) in [5, 5.41) is 11.5. The van der Waals surface area contributed by atoms with Gasteiger partial charge in [-0.05, 0) is 26.7 Å². The van der Waals surface area contributed by atoms with Crippen LogP contribution in [0.1, 0.15) is 53.9 Å². The van der Waals surface area contributed by atoms with Gasteiger partial charge in [-0.2, -0.15) is 0 Å². The van der Waals surface area contributed by atoms with E-state index in [1.807, 2.05) is 13.8 Å². The van der Waals surface area contributed by atoms with Crippen molar-refractivity contribution in [2.75, 3.05) is 0 Å². The molecular formula is C13H25NO4. The van der Waals surface area contributed by atoms with Crippen molar-refractivity contribution in [3.05, 3.63) is 0 Å². The van der Waals surface area contributed by atoms with Crippen molar-refractivity contribution < 1.29 is 19.4 Å². The molecule has 0 fully saturated rings. The maximum absolute atomic E-state index is 11.7. The number of rotatable bonds is 6. The number of carbonyl (C=O) groups is 2. The number of hydrogen-bond acceptors (Lipinski definition) is 3. The maximum atomic E-state index is 11.7. The first kappa shape index (κ1) is 16.7. The molecule has 0 unspecified atom stereocenters. The second kappa shape index (κ2) is 7.24. The molecule has 0 aliphatic carbocycles. The zero-order valence-corrected chi connectivity index (χ0v) is 11.9. The topological polar surface area (TPSA) is 75.6 Å². The third kappa shape index (κ3) is 7.14. The molecule has 0 spiro atoms. The van der Waals surface area contributed by atoms with E-state index in [1.54, 1.807) is 20.8 Å². The molecule has 106 valence electrons. The van der Waals surface area contributed by atoms with Gasteiger partial charge in [0.25, 0.3) is 0 Å². The lowest BCUT2D eigenvalue weighted by atomic mass is 9.92. The number of carbonyl (C=O) groups excluding carboxylic acids is 1. The number of amides is 1. The number of nitrogens with one attached hydrogen (secondary N) is 1. The van der Waals surface area contributed by atoms with Gasteiger partial charge in [0, 0.05) is 6.04 Å². The fourth-order valence-electron chi connectivity index (χ4n) is 1.84. The average Bonchev–Trinajstić information content (AvgIpc) is 2.14. The van der Waals surface area contributed by atoms with Crippen molar-refractivity contribution in [1.29, 1.82) is 0 Å². The fourth-order valence-corrected chi connectivity index (χ4v) is 1.84. The minimum atomic E-state index is -0.914. The Kier molecular flexibility index (Phi) is 6.73. The monoisotopic (exact) mass is 259 g/mol. The second-order valence-corrected chi connectivity index (χ2v) is 5.43. The van der Waals surface area contributed by atoms with Crippen molar-refractivity contribution in [3.63, 3.8) is 0 Å². The van der Waals surface area contributed by atoms with E-state index in [0.717, 1.165) is 12.8 Å². The molecule has 0 aromatic carbocycles. The number of alkyl carbamates (subject to hydrolysis) is 1. The van der Waals surface area contributed by atoms with Crippen molar-refractivity contribution in [1.82, 2.24) is 5.32 Å². The Morgan fingerprint density at radius 2 is 1.72 bits per heavy atom. The molecule has 5 nitrogen and oxygen atoms in total. The van der Waals surface area contributed by atoms with Gasteiger partial charge >= 0.3 is 12.1 Å². The van der Waals surface area contributed by atoms with E-state index in [4.69, 9.17) is 9.84 Å². The van der Waals surface area contributed by atoms with E-state index in [2.05, 4.69) is 5.32 Å². The zero-order chi connectivity index (χ0) is 14.3. The van der Waals surface area contributed by atoms with Crippen molar-refractivity contribution in [2.45, 2.75) is 65.5 Å². The second-order valence-electron chi connectivity index (χ2n) is 5.43. The van der Waals surface area contributed by atoms with Crippen LogP contribution in [-0.4, -0.2) is 28.8 Å². The Morgan fingerprint density at radius 3 is 2.06 bits per heavy atom. The van der Waals surface area contributed by atoms with Crippen LogP contribution in [0.4, 0.5) is 4.79 Å². The van der Waals surface area contributed by atoms with Crippen LogP contribution < -0.4 is 5.32 Å². The molecular weight excluding hydrogens is 234 g/mol. The molecule has 0 aromatic heterocycles. The molecule has 18 heavy (non-hydrogen) atoms. The minimum absolute atomic E-state index is 0.0778. The number of ether oxygens (including phenoxy) is 1. The molecule has 0 saturated heterocycles. The minimum Gasteiger partial charge on any atom is -0.481 e. The van der Waals surface area contributed by atoms with Crippen LogP contribution in [0.5, 0.6) is 0 Å². The first-order valence-electron chi connectivity index (χ1n) is 6.40. The van der Waals surface area contributed by atoms with Crippen molar-refractivity contribution in [2.24, 2.45) is 5.92 Å². The molecule has 0 heterocycles. The Morgan fingerprint density at radius 1 is 1.22 bits per heavy atom. The van der Waals surface area contributed by atoms with Gasteiger partial charge in [-0.25, -0.2) is 4.79 Å². The molecule has 0 aliphatic rings. The highest BCUT2D eigenvalue weighted by Crippen LogP contribution is 2.17. The van der Waals surface area contributed by atoms with E-state index in [-0.39, 0.29) is 18.4 Å². The Balaban J connectivity index is 4.58. The molecule has 0 aliphatic heterocycles. The standard InChI is InChI=1S/C13H25NO4/c1-6-9(7-2)10(8-11(15)16)14-12(17)18-13(3,4)5/h9-10H,6-8H2,1-5H3,(H,14,17)(H,15,16)/t10-/m1/s1. The van der Waals surface area contributed by atoms with Gasteiger partial charge in [0.05, 0.1) is 6.42 Å². The SMILES string of the molecule is CCC(CC)[C@@H](CC(=O)O)NC(=O)OC(C)(C)C. The van der Waals surface area contributed by atoms with Crippen LogP contribution in [0.25, 0.3) is 0 Å². The fraction of sp³-hybridized carbons (Fsp3) is 0.846. The van der Waals surface area contributed by atoms with Crippen LogP contribution in [0.3, 0.4) is 0 Å². The summed E-state index contributed by atoms with van der Waals surface area (Å²) in [6.07, 6.45) is 1.01. The van der Waals surface area contributed by atoms with Gasteiger partial charge in [0.2, 0.25) is 0 Å². The molecule has 1 atom stereocenters. The van der Waals surface area contributed by atoms with Crippen LogP contribution in [0.15, 0.2) is 0 Å². The van der Waals surface area contributed by atoms with Crippen LogP contribution in [-0.2, 0) is 9.53 Å². The smallest absolute Gasteiger partial charge is 0.407 e. The van der Waals surface area contributed by atoms with Crippen LogP contribution >= 0.6 is 0 Å². The molecule has 5 heteroatoms. The van der Waals surface area contributed by atoms with Gasteiger partial charge in [-0.15, -0.1) is 0 Å². The number of carboxylic acid groups (broad SMARTS) is 1. The van der Waals surface area contributed by atoms with Gasteiger partial charge < -0.3 is 15.2 Å². The summed E-state index contributed by atoms with van der Waals surface area (Å²) < 4.78 is 5.15. The average molecular weight is 259 g/mol. The highest BCUT2D eigenvalue weighted by atomic mass is 16.6. The summed E-state index contributed by atoms with van der Waals surface area (Å²) in [6, 6.07) is -0.382. The molecule has 2 N–H and O–H groups in total. The summed E-state index contributed by atoms with van der Waals surface area (Å²) in [5.41, 5.74) is -0.578. The molecule has 0 aromatic rings. The third-order valence-corrected chi connectivity index (χ3v) is 2.71. The van der Waals surface area contributed by atoms with Gasteiger partial charge in [0.1, 0.15) is 5.60 Å². The van der Waals surface area contributed by atoms with E-state index in [1.165, 1.54) is 0 Å². The largest absolute Gasteiger partial charge is 0.481 e. The van der Waals surface area contributed by atoms with Gasteiger partial charge in [0.15, 0.2) is 0 Å². The Bertz CT molecular complexity index is 279. The highest BCUT2D eigenvalue weighted by molar-refractivity contribution is 5.71. The van der Waals surface area contributed by atoms with Crippen LogP contribution in [0, 0.1) is 5.92 Å². The molecule has 0 rings (SSSR count). The molecule has 1 amide bonds. The number of hydrogen-bond donors (Lipinski definition) is 2. The Labute approximate surface area is 109 Å². The zero-order valence-electron chi connectivity index (χ0n) is 11.9. The van der Waals surface area contributed by atoms with E-state index in [0.29, 0.717) is 0 Å². The Hall–Kier alpha value is -1.26. The predicted octanol–water partition coefficient (Wildman–Crippen LogP) is 2.79. The summed E-state index contributed by atoms with van der Waals surface area (Å²) in [6.45, 7) is 9.29. The van der Waals surface area contributed by atoms with E-state index < -0.39 is 17.7 Å². The number of aliphatic carboxylic acids is 1. The summed E-state index contributed by atoms with van der Waals surface area (Å²) in [5.74, 6) is -0.767. The van der Waals surface area contributed by atoms with Gasteiger partial charge in [-0.3, -0.25) is 4.79 Å². The van der Waals surface area contributed by atoms with Crippen LogP contribution in [0.2, 0.25) is 0 Å². The first-order valence-corrected chi connectivity index (χ1v) is 6.40. The summed E-state index contributed by atoms with van der Waals surface area (Å²) >= 11 is 0. The quantitative estimate of drug-likeness (QED) is 0.769. The maximum Gasteiger partial charge on any atom is 0.407 e.